The molecule has 0 aliphatic rings. The van der Waals surface area contributed by atoms with Gasteiger partial charge in [-0.15, -0.1) is 0 Å². The van der Waals surface area contributed by atoms with E-state index in [0.29, 0.717) is 23.5 Å². The maximum atomic E-state index is 11.7. The Labute approximate surface area is 102 Å². The fraction of sp³-hybridized carbons (Fsp3) is 0.0833. The van der Waals surface area contributed by atoms with E-state index in [1.165, 1.54) is 6.20 Å². The number of hydrogen-bond donors (Lipinski definition) is 3. The fourth-order valence-electron chi connectivity index (χ4n) is 1.71. The Hall–Kier alpha value is -2.63. The topological polar surface area (TPSA) is 86.5 Å². The summed E-state index contributed by atoms with van der Waals surface area (Å²) in [6.45, 7) is 0.601. The van der Waals surface area contributed by atoms with Crippen molar-refractivity contribution in [1.82, 2.24) is 20.2 Å². The second-order valence-electron chi connectivity index (χ2n) is 3.89. The van der Waals surface area contributed by atoms with Gasteiger partial charge in [-0.25, -0.2) is 0 Å². The van der Waals surface area contributed by atoms with Gasteiger partial charge in [-0.2, -0.15) is 10.1 Å². The SMILES string of the molecule is O=c1[nH]c(NCc2ccccc2)nc2[nH]ncc12. The number of fused-ring (bicyclic) bond motifs is 1. The molecule has 3 rings (SSSR count). The number of aromatic nitrogens is 4. The summed E-state index contributed by atoms with van der Waals surface area (Å²) in [5.74, 6) is 0.431. The van der Waals surface area contributed by atoms with Gasteiger partial charge in [0.25, 0.3) is 5.56 Å². The third kappa shape index (κ3) is 1.95. The first kappa shape index (κ1) is 10.5. The zero-order chi connectivity index (χ0) is 12.4. The molecule has 0 radical (unpaired) electrons. The Morgan fingerprint density at radius 2 is 2.06 bits per heavy atom. The van der Waals surface area contributed by atoms with Crippen molar-refractivity contribution in [2.24, 2.45) is 0 Å². The Bertz CT molecular complexity index is 716. The van der Waals surface area contributed by atoms with Crippen LogP contribution in [0.2, 0.25) is 0 Å². The molecular weight excluding hydrogens is 230 g/mol. The summed E-state index contributed by atoms with van der Waals surface area (Å²) in [5.41, 5.74) is 1.39. The van der Waals surface area contributed by atoms with Crippen LogP contribution in [0.25, 0.3) is 11.0 Å². The quantitative estimate of drug-likeness (QED) is 0.644. The molecule has 0 amide bonds. The molecule has 2 aromatic heterocycles. The summed E-state index contributed by atoms with van der Waals surface area (Å²) in [6.07, 6.45) is 1.46. The molecule has 0 aliphatic carbocycles. The van der Waals surface area contributed by atoms with Crippen molar-refractivity contribution in [2.75, 3.05) is 5.32 Å². The number of nitrogens with zero attached hydrogens (tertiary/aromatic N) is 2. The van der Waals surface area contributed by atoms with E-state index in [1.54, 1.807) is 0 Å². The fourth-order valence-corrected chi connectivity index (χ4v) is 1.71. The molecule has 0 aliphatic heterocycles. The number of H-pyrrole nitrogens is 2. The highest BCUT2D eigenvalue weighted by Crippen LogP contribution is 2.06. The van der Waals surface area contributed by atoms with Gasteiger partial charge in [-0.1, -0.05) is 30.3 Å². The summed E-state index contributed by atoms with van der Waals surface area (Å²) >= 11 is 0. The molecule has 90 valence electrons. The van der Waals surface area contributed by atoms with Gasteiger partial charge in [0, 0.05) is 6.54 Å². The molecule has 0 saturated carbocycles. The smallest absolute Gasteiger partial charge is 0.263 e. The third-order valence-electron chi connectivity index (χ3n) is 2.62. The van der Waals surface area contributed by atoms with E-state index in [-0.39, 0.29) is 5.56 Å². The van der Waals surface area contributed by atoms with Crippen molar-refractivity contribution >= 4 is 17.0 Å². The van der Waals surface area contributed by atoms with Crippen molar-refractivity contribution in [3.05, 3.63) is 52.4 Å². The lowest BCUT2D eigenvalue weighted by atomic mass is 10.2. The second-order valence-corrected chi connectivity index (χ2v) is 3.89. The number of aromatic amines is 2. The van der Waals surface area contributed by atoms with Gasteiger partial charge in [0.15, 0.2) is 5.65 Å². The van der Waals surface area contributed by atoms with Crippen LogP contribution in [0.5, 0.6) is 0 Å². The van der Waals surface area contributed by atoms with E-state index in [1.807, 2.05) is 30.3 Å². The predicted molar refractivity (Wildman–Crippen MR) is 68.3 cm³/mol. The van der Waals surface area contributed by atoms with Crippen LogP contribution < -0.4 is 10.9 Å². The van der Waals surface area contributed by atoms with Gasteiger partial charge in [0.05, 0.1) is 6.20 Å². The highest BCUT2D eigenvalue weighted by atomic mass is 16.1. The van der Waals surface area contributed by atoms with Crippen molar-refractivity contribution < 1.29 is 0 Å². The molecule has 0 atom stereocenters. The Kier molecular flexibility index (Phi) is 2.53. The van der Waals surface area contributed by atoms with Crippen LogP contribution >= 0.6 is 0 Å². The first-order valence-electron chi connectivity index (χ1n) is 5.54. The van der Waals surface area contributed by atoms with Crippen LogP contribution in [0.4, 0.5) is 5.95 Å². The van der Waals surface area contributed by atoms with Crippen molar-refractivity contribution in [3.8, 4) is 0 Å². The largest absolute Gasteiger partial charge is 0.352 e. The minimum atomic E-state index is -0.204. The third-order valence-corrected chi connectivity index (χ3v) is 2.62. The van der Waals surface area contributed by atoms with Crippen LogP contribution in [0.3, 0.4) is 0 Å². The van der Waals surface area contributed by atoms with E-state index in [2.05, 4.69) is 25.5 Å². The molecule has 0 spiro atoms. The lowest BCUT2D eigenvalue weighted by molar-refractivity contribution is 1.04. The minimum absolute atomic E-state index is 0.204. The normalized spacial score (nSPS) is 10.7. The lowest BCUT2D eigenvalue weighted by Gasteiger charge is -2.04. The van der Waals surface area contributed by atoms with Crippen LogP contribution in [0.1, 0.15) is 5.56 Å². The Balaban J connectivity index is 1.85. The van der Waals surface area contributed by atoms with E-state index < -0.39 is 0 Å². The van der Waals surface area contributed by atoms with Gasteiger partial charge in [0.2, 0.25) is 5.95 Å². The van der Waals surface area contributed by atoms with E-state index in [4.69, 9.17) is 0 Å². The second kappa shape index (κ2) is 4.33. The summed E-state index contributed by atoms with van der Waals surface area (Å²) in [6, 6.07) is 9.89. The molecule has 6 nitrogen and oxygen atoms in total. The predicted octanol–water partition coefficient (Wildman–Crippen LogP) is 1.26. The average Bonchev–Trinajstić information content (AvgIpc) is 2.86. The van der Waals surface area contributed by atoms with Gasteiger partial charge in [-0.05, 0) is 5.56 Å². The number of rotatable bonds is 3. The zero-order valence-electron chi connectivity index (χ0n) is 9.47. The number of nitrogens with one attached hydrogen (secondary N) is 3. The van der Waals surface area contributed by atoms with Gasteiger partial charge >= 0.3 is 0 Å². The van der Waals surface area contributed by atoms with Crippen molar-refractivity contribution in [2.45, 2.75) is 6.54 Å². The highest BCUT2D eigenvalue weighted by molar-refractivity contribution is 5.73. The molecular formula is C12H11N5O. The molecule has 18 heavy (non-hydrogen) atoms. The van der Waals surface area contributed by atoms with Crippen LogP contribution in [-0.2, 0) is 6.54 Å². The Morgan fingerprint density at radius 3 is 2.89 bits per heavy atom. The molecule has 0 saturated heterocycles. The average molecular weight is 241 g/mol. The van der Waals surface area contributed by atoms with E-state index in [9.17, 15) is 4.79 Å². The number of hydrogen-bond acceptors (Lipinski definition) is 4. The van der Waals surface area contributed by atoms with Crippen LogP contribution in [0, 0.1) is 0 Å². The summed E-state index contributed by atoms with van der Waals surface area (Å²) in [4.78, 5) is 18.6. The van der Waals surface area contributed by atoms with Gasteiger partial charge in [0.1, 0.15) is 5.39 Å². The van der Waals surface area contributed by atoms with Crippen molar-refractivity contribution in [3.63, 3.8) is 0 Å². The van der Waals surface area contributed by atoms with Crippen LogP contribution in [-0.4, -0.2) is 20.2 Å². The molecule has 0 unspecified atom stereocenters. The summed E-state index contributed by atoms with van der Waals surface area (Å²) in [5, 5.41) is 9.99. The van der Waals surface area contributed by atoms with Crippen LogP contribution in [0.15, 0.2) is 41.3 Å². The maximum Gasteiger partial charge on any atom is 0.263 e. The molecule has 6 heteroatoms. The first-order chi connectivity index (χ1) is 8.83. The van der Waals surface area contributed by atoms with E-state index in [0.717, 1.165) is 5.56 Å². The Morgan fingerprint density at radius 1 is 1.22 bits per heavy atom. The molecule has 3 N–H and O–H groups in total. The maximum absolute atomic E-state index is 11.7. The van der Waals surface area contributed by atoms with E-state index >= 15 is 0 Å². The van der Waals surface area contributed by atoms with Gasteiger partial charge < -0.3 is 5.32 Å². The molecule has 1 aromatic carbocycles. The standard InChI is InChI=1S/C12H11N5O/c18-11-9-7-14-17-10(9)15-12(16-11)13-6-8-4-2-1-3-5-8/h1-5,7H,6H2,(H3,13,14,15,16,17,18). The van der Waals surface area contributed by atoms with Gasteiger partial charge in [-0.3, -0.25) is 14.9 Å². The summed E-state index contributed by atoms with van der Waals surface area (Å²) < 4.78 is 0. The zero-order valence-corrected chi connectivity index (χ0v) is 9.47. The number of anilines is 1. The minimum Gasteiger partial charge on any atom is -0.352 e. The molecule has 3 aromatic rings. The molecule has 0 bridgehead atoms. The summed E-state index contributed by atoms with van der Waals surface area (Å²) in [7, 11) is 0. The molecule has 2 heterocycles. The highest BCUT2D eigenvalue weighted by Gasteiger charge is 2.04. The molecule has 0 fully saturated rings. The lowest BCUT2D eigenvalue weighted by Crippen LogP contribution is -2.12. The van der Waals surface area contributed by atoms with Crippen molar-refractivity contribution in [1.29, 1.82) is 0 Å². The first-order valence-corrected chi connectivity index (χ1v) is 5.54. The monoisotopic (exact) mass is 241 g/mol. The number of benzene rings is 1.